The number of hydrogen-bond acceptors (Lipinski definition) is 3. The van der Waals surface area contributed by atoms with Gasteiger partial charge in [0.05, 0.1) is 6.54 Å². The number of H-pyrrole nitrogens is 1. The van der Waals surface area contributed by atoms with Crippen molar-refractivity contribution in [1.82, 2.24) is 9.97 Å². The summed E-state index contributed by atoms with van der Waals surface area (Å²) >= 11 is 1.77. The van der Waals surface area contributed by atoms with Gasteiger partial charge in [-0.15, -0.1) is 11.3 Å². The first-order valence-electron chi connectivity index (χ1n) is 4.54. The summed E-state index contributed by atoms with van der Waals surface area (Å²) < 4.78 is 0. The second-order valence-electron chi connectivity index (χ2n) is 3.30. The monoisotopic (exact) mass is 207 g/mol. The third-order valence-corrected chi connectivity index (χ3v) is 3.11. The highest BCUT2D eigenvalue weighted by atomic mass is 32.1. The lowest BCUT2D eigenvalue weighted by atomic mass is 10.3. The number of anilines is 1. The highest BCUT2D eigenvalue weighted by Gasteiger charge is 2.00. The van der Waals surface area contributed by atoms with Gasteiger partial charge in [-0.1, -0.05) is 0 Å². The molecule has 2 aromatic rings. The zero-order chi connectivity index (χ0) is 9.97. The molecule has 0 amide bonds. The maximum atomic E-state index is 4.18. The number of rotatable bonds is 3. The molecule has 2 N–H and O–H groups in total. The zero-order valence-electron chi connectivity index (χ0n) is 8.29. The lowest BCUT2D eigenvalue weighted by molar-refractivity contribution is 1.10. The van der Waals surface area contributed by atoms with E-state index in [4.69, 9.17) is 0 Å². The molecule has 0 atom stereocenters. The molecule has 0 aliphatic rings. The average Bonchev–Trinajstić information content (AvgIpc) is 2.72. The van der Waals surface area contributed by atoms with Gasteiger partial charge in [0.25, 0.3) is 0 Å². The molecule has 0 radical (unpaired) electrons. The molecule has 14 heavy (non-hydrogen) atoms. The van der Waals surface area contributed by atoms with Crippen LogP contribution in [0.15, 0.2) is 17.6 Å². The molecule has 2 aromatic heterocycles. The molecule has 0 saturated carbocycles. The van der Waals surface area contributed by atoms with Gasteiger partial charge in [-0.25, -0.2) is 4.98 Å². The highest BCUT2D eigenvalue weighted by molar-refractivity contribution is 7.10. The van der Waals surface area contributed by atoms with Crippen LogP contribution in [0, 0.1) is 13.8 Å². The molecule has 0 spiro atoms. The summed E-state index contributed by atoms with van der Waals surface area (Å²) in [6.07, 6.45) is 1.82. The van der Waals surface area contributed by atoms with Crippen molar-refractivity contribution in [1.29, 1.82) is 0 Å². The van der Waals surface area contributed by atoms with E-state index in [-0.39, 0.29) is 0 Å². The molecule has 74 valence electrons. The lowest BCUT2D eigenvalue weighted by Gasteiger charge is -2.01. The van der Waals surface area contributed by atoms with Crippen LogP contribution in [0.3, 0.4) is 0 Å². The molecule has 2 rings (SSSR count). The maximum Gasteiger partial charge on any atom is 0.200 e. The summed E-state index contributed by atoms with van der Waals surface area (Å²) in [7, 11) is 0. The van der Waals surface area contributed by atoms with Crippen LogP contribution < -0.4 is 5.32 Å². The number of aryl methyl sites for hydroxylation is 2. The Morgan fingerprint density at radius 1 is 1.50 bits per heavy atom. The molecule has 0 fully saturated rings. The summed E-state index contributed by atoms with van der Waals surface area (Å²) in [5.41, 5.74) is 2.42. The van der Waals surface area contributed by atoms with E-state index in [2.05, 4.69) is 33.7 Å². The second kappa shape index (κ2) is 3.84. The number of nitrogens with zero attached hydrogens (tertiary/aromatic N) is 1. The molecule has 4 heteroatoms. The van der Waals surface area contributed by atoms with Crippen LogP contribution in [0.4, 0.5) is 5.95 Å². The fourth-order valence-corrected chi connectivity index (χ4v) is 2.10. The topological polar surface area (TPSA) is 40.7 Å². The van der Waals surface area contributed by atoms with Crippen molar-refractivity contribution in [3.63, 3.8) is 0 Å². The Morgan fingerprint density at radius 3 is 2.93 bits per heavy atom. The molecule has 0 unspecified atom stereocenters. The molecular formula is C10H13N3S. The van der Waals surface area contributed by atoms with E-state index in [1.54, 1.807) is 11.3 Å². The number of imidazole rings is 1. The normalized spacial score (nSPS) is 10.4. The quantitative estimate of drug-likeness (QED) is 0.812. The average molecular weight is 207 g/mol. The molecule has 0 saturated heterocycles. The van der Waals surface area contributed by atoms with Gasteiger partial charge >= 0.3 is 0 Å². The first-order valence-corrected chi connectivity index (χ1v) is 5.42. The number of thiophene rings is 1. The third kappa shape index (κ3) is 1.96. The minimum Gasteiger partial charge on any atom is -0.351 e. The van der Waals surface area contributed by atoms with Gasteiger partial charge in [-0.2, -0.15) is 0 Å². The second-order valence-corrected chi connectivity index (χ2v) is 4.30. The van der Waals surface area contributed by atoms with Crippen LogP contribution in [0.2, 0.25) is 0 Å². The van der Waals surface area contributed by atoms with Crippen molar-refractivity contribution in [2.45, 2.75) is 20.4 Å². The van der Waals surface area contributed by atoms with Crippen molar-refractivity contribution in [3.8, 4) is 0 Å². The number of aromatic amines is 1. The van der Waals surface area contributed by atoms with E-state index in [0.717, 1.165) is 18.2 Å². The van der Waals surface area contributed by atoms with Gasteiger partial charge in [0.15, 0.2) is 0 Å². The number of aromatic nitrogens is 2. The minimum atomic E-state index is 0.843. The third-order valence-electron chi connectivity index (χ3n) is 2.09. The SMILES string of the molecule is Cc1cnc(NCc2sccc2C)[nH]1. The minimum absolute atomic E-state index is 0.843. The molecule has 0 aliphatic carbocycles. The molecule has 0 aliphatic heterocycles. The maximum absolute atomic E-state index is 4.18. The summed E-state index contributed by atoms with van der Waals surface area (Å²) in [5.74, 6) is 0.843. The summed E-state index contributed by atoms with van der Waals surface area (Å²) in [6.45, 7) is 4.96. The molecule has 0 bridgehead atoms. The van der Waals surface area contributed by atoms with Crippen molar-refractivity contribution in [2.75, 3.05) is 5.32 Å². The zero-order valence-corrected chi connectivity index (χ0v) is 9.11. The van der Waals surface area contributed by atoms with E-state index in [1.807, 2.05) is 13.1 Å². The predicted octanol–water partition coefficient (Wildman–Crippen LogP) is 2.70. The molecule has 3 nitrogen and oxygen atoms in total. The van der Waals surface area contributed by atoms with Gasteiger partial charge in [-0.3, -0.25) is 0 Å². The summed E-state index contributed by atoms with van der Waals surface area (Å²) in [5, 5.41) is 5.36. The van der Waals surface area contributed by atoms with Gasteiger partial charge in [0.2, 0.25) is 5.95 Å². The largest absolute Gasteiger partial charge is 0.351 e. The molecular weight excluding hydrogens is 194 g/mol. The molecule has 2 heterocycles. The van der Waals surface area contributed by atoms with Crippen LogP contribution >= 0.6 is 11.3 Å². The van der Waals surface area contributed by atoms with E-state index < -0.39 is 0 Å². The van der Waals surface area contributed by atoms with E-state index >= 15 is 0 Å². The van der Waals surface area contributed by atoms with Crippen LogP contribution in [0.25, 0.3) is 0 Å². The highest BCUT2D eigenvalue weighted by Crippen LogP contribution is 2.16. The Morgan fingerprint density at radius 2 is 2.36 bits per heavy atom. The van der Waals surface area contributed by atoms with Crippen LogP contribution in [-0.2, 0) is 6.54 Å². The van der Waals surface area contributed by atoms with Gasteiger partial charge < -0.3 is 10.3 Å². The number of hydrogen-bond donors (Lipinski definition) is 2. The van der Waals surface area contributed by atoms with Crippen LogP contribution in [0.5, 0.6) is 0 Å². The van der Waals surface area contributed by atoms with Crippen LogP contribution in [-0.4, -0.2) is 9.97 Å². The summed E-state index contributed by atoms with van der Waals surface area (Å²) in [4.78, 5) is 8.68. The fourth-order valence-electron chi connectivity index (χ4n) is 1.25. The van der Waals surface area contributed by atoms with Gasteiger partial charge in [-0.05, 0) is 30.9 Å². The van der Waals surface area contributed by atoms with Crippen molar-refractivity contribution in [3.05, 3.63) is 33.8 Å². The smallest absolute Gasteiger partial charge is 0.200 e. The first kappa shape index (κ1) is 9.27. The van der Waals surface area contributed by atoms with Crippen molar-refractivity contribution < 1.29 is 0 Å². The van der Waals surface area contributed by atoms with Gasteiger partial charge in [0, 0.05) is 16.8 Å². The van der Waals surface area contributed by atoms with E-state index in [9.17, 15) is 0 Å². The Hall–Kier alpha value is -1.29. The Bertz CT molecular complexity index is 416. The van der Waals surface area contributed by atoms with Crippen molar-refractivity contribution >= 4 is 17.3 Å². The predicted molar refractivity (Wildman–Crippen MR) is 59.7 cm³/mol. The molecule has 0 aromatic carbocycles. The van der Waals surface area contributed by atoms with E-state index in [0.29, 0.717) is 0 Å². The fraction of sp³-hybridized carbons (Fsp3) is 0.300. The van der Waals surface area contributed by atoms with Crippen LogP contribution in [0.1, 0.15) is 16.1 Å². The van der Waals surface area contributed by atoms with Crippen molar-refractivity contribution in [2.24, 2.45) is 0 Å². The standard InChI is InChI=1S/C10H13N3S/c1-7-3-4-14-9(7)6-12-10-11-5-8(2)13-10/h3-5H,6H2,1-2H3,(H2,11,12,13). The Kier molecular flexibility index (Phi) is 2.54. The Labute approximate surface area is 87.2 Å². The first-order chi connectivity index (χ1) is 6.75. The lowest BCUT2D eigenvalue weighted by Crippen LogP contribution is -2.00. The van der Waals surface area contributed by atoms with Gasteiger partial charge in [0.1, 0.15) is 0 Å². The Balaban J connectivity index is 1.98. The van der Waals surface area contributed by atoms with E-state index in [1.165, 1.54) is 10.4 Å². The summed E-state index contributed by atoms with van der Waals surface area (Å²) in [6, 6.07) is 2.13. The number of nitrogens with one attached hydrogen (secondary N) is 2.